The maximum absolute atomic E-state index is 11.6. The zero-order valence-electron chi connectivity index (χ0n) is 15.1. The quantitative estimate of drug-likeness (QED) is 0.530. The Morgan fingerprint density at radius 3 is 2.70 bits per heavy atom. The second-order valence-electron chi connectivity index (χ2n) is 6.01. The van der Waals surface area contributed by atoms with Crippen molar-refractivity contribution in [1.82, 2.24) is 14.6 Å². The Kier molecular flexibility index (Phi) is 5.16. The molecule has 1 heterocycles. The molecule has 0 aliphatic rings. The van der Waals surface area contributed by atoms with Crippen molar-refractivity contribution in [3.63, 3.8) is 0 Å². The van der Waals surface area contributed by atoms with Gasteiger partial charge in [-0.05, 0) is 23.8 Å². The first-order valence-corrected chi connectivity index (χ1v) is 8.33. The number of aryl methyl sites for hydroxylation is 1. The number of aromatic nitrogens is 2. The average molecular weight is 364 g/mol. The molecule has 1 aromatic heterocycles. The van der Waals surface area contributed by atoms with Crippen LogP contribution in [-0.4, -0.2) is 26.9 Å². The number of carbonyl (C=O) groups is 2. The Morgan fingerprint density at radius 2 is 1.96 bits per heavy atom. The van der Waals surface area contributed by atoms with Crippen molar-refractivity contribution in [3.05, 3.63) is 59.6 Å². The summed E-state index contributed by atoms with van der Waals surface area (Å²) in [5.74, 6) is 0.0320. The van der Waals surface area contributed by atoms with E-state index in [1.165, 1.54) is 11.9 Å². The number of carbonyl (C=O) groups excluding carboxylic acids is 2. The normalized spacial score (nSPS) is 11.4. The Balaban J connectivity index is 2.02. The minimum atomic E-state index is -0.189. The molecule has 0 radical (unpaired) electrons. The highest BCUT2D eigenvalue weighted by Crippen LogP contribution is 2.17. The monoisotopic (exact) mass is 364 g/mol. The lowest BCUT2D eigenvalue weighted by Gasteiger charge is -2.16. The summed E-state index contributed by atoms with van der Waals surface area (Å²) in [5, 5.41) is 8.34. The minimum absolute atomic E-state index is 0.173. The second-order valence-corrected chi connectivity index (χ2v) is 6.01. The van der Waals surface area contributed by atoms with E-state index in [0.717, 1.165) is 16.6 Å². The lowest BCUT2D eigenvalue weighted by molar-refractivity contribution is -0.119. The molecule has 0 unspecified atom stereocenters. The highest BCUT2D eigenvalue weighted by Gasteiger charge is 2.10. The van der Waals surface area contributed by atoms with Crippen molar-refractivity contribution in [2.24, 2.45) is 12.1 Å². The molecule has 27 heavy (non-hydrogen) atoms. The number of nitrogens with one attached hydrogen (secondary N) is 1. The van der Waals surface area contributed by atoms with Crippen molar-refractivity contribution in [2.45, 2.75) is 13.5 Å². The first kappa shape index (κ1) is 18.1. The first-order chi connectivity index (χ1) is 13.0. The number of nitrogens with zero attached hydrogens (tertiary/aromatic N) is 4. The summed E-state index contributed by atoms with van der Waals surface area (Å²) in [4.78, 5) is 27.3. The van der Waals surface area contributed by atoms with Gasteiger partial charge in [-0.25, -0.2) is 9.99 Å². The van der Waals surface area contributed by atoms with E-state index in [-0.39, 0.29) is 18.3 Å². The molecule has 8 nitrogen and oxygen atoms in total. The summed E-state index contributed by atoms with van der Waals surface area (Å²) >= 11 is 0. The predicted molar refractivity (Wildman–Crippen MR) is 103 cm³/mol. The molecule has 3 rings (SSSR count). The van der Waals surface area contributed by atoms with Gasteiger partial charge in [0.05, 0.1) is 17.6 Å². The third-order valence-electron chi connectivity index (χ3n) is 4.04. The second kappa shape index (κ2) is 7.69. The molecular weight excluding hydrogens is 344 g/mol. The van der Waals surface area contributed by atoms with Gasteiger partial charge in [-0.1, -0.05) is 30.3 Å². The molecule has 8 heteroatoms. The van der Waals surface area contributed by atoms with Gasteiger partial charge in [0.1, 0.15) is 0 Å². The topological polar surface area (TPSA) is 106 Å². The SMILES string of the molecule is CC(=O)Nc1ccccc1CN(C=O)/N=c1/c(N)nc2ccccc2n1C. The molecule has 0 bridgehead atoms. The average Bonchev–Trinajstić information content (AvgIpc) is 2.65. The van der Waals surface area contributed by atoms with Crippen molar-refractivity contribution in [2.75, 3.05) is 11.1 Å². The van der Waals surface area contributed by atoms with Crippen LogP contribution in [0.1, 0.15) is 12.5 Å². The number of rotatable bonds is 5. The van der Waals surface area contributed by atoms with Crippen LogP contribution < -0.4 is 16.5 Å². The molecule has 2 amide bonds. The zero-order chi connectivity index (χ0) is 19.4. The minimum Gasteiger partial charge on any atom is -0.381 e. The summed E-state index contributed by atoms with van der Waals surface area (Å²) in [6.45, 7) is 1.60. The lowest BCUT2D eigenvalue weighted by atomic mass is 10.1. The van der Waals surface area contributed by atoms with Crippen LogP contribution in [0.25, 0.3) is 11.0 Å². The van der Waals surface area contributed by atoms with E-state index in [4.69, 9.17) is 5.73 Å². The van der Waals surface area contributed by atoms with E-state index in [9.17, 15) is 9.59 Å². The molecule has 0 fully saturated rings. The maximum Gasteiger partial charge on any atom is 0.230 e. The number of hydrogen-bond donors (Lipinski definition) is 2. The van der Waals surface area contributed by atoms with Crippen molar-refractivity contribution < 1.29 is 9.59 Å². The summed E-state index contributed by atoms with van der Waals surface area (Å²) in [7, 11) is 1.81. The lowest BCUT2D eigenvalue weighted by Crippen LogP contribution is -2.29. The third kappa shape index (κ3) is 3.95. The van der Waals surface area contributed by atoms with Gasteiger partial charge in [0.25, 0.3) is 0 Å². The van der Waals surface area contributed by atoms with Crippen molar-refractivity contribution >= 4 is 34.9 Å². The van der Waals surface area contributed by atoms with Crippen LogP contribution in [0.4, 0.5) is 11.5 Å². The molecule has 0 atom stereocenters. The van der Waals surface area contributed by atoms with E-state index in [2.05, 4.69) is 15.4 Å². The van der Waals surface area contributed by atoms with Gasteiger partial charge in [0.2, 0.25) is 12.3 Å². The number of anilines is 2. The van der Waals surface area contributed by atoms with Gasteiger partial charge in [-0.15, -0.1) is 5.10 Å². The molecular formula is C19H20N6O2. The maximum atomic E-state index is 11.6. The van der Waals surface area contributed by atoms with Crippen LogP contribution in [-0.2, 0) is 23.2 Å². The number of nitrogens with two attached hydrogens (primary N) is 1. The van der Waals surface area contributed by atoms with E-state index >= 15 is 0 Å². The van der Waals surface area contributed by atoms with Crippen LogP contribution >= 0.6 is 0 Å². The third-order valence-corrected chi connectivity index (χ3v) is 4.04. The van der Waals surface area contributed by atoms with E-state index in [1.807, 2.05) is 49.5 Å². The van der Waals surface area contributed by atoms with Crippen LogP contribution in [0, 0.1) is 0 Å². The van der Waals surface area contributed by atoms with Gasteiger partial charge in [0.15, 0.2) is 11.3 Å². The van der Waals surface area contributed by atoms with E-state index in [1.54, 1.807) is 10.6 Å². The number of amides is 2. The Bertz CT molecular complexity index is 1070. The van der Waals surface area contributed by atoms with Crippen molar-refractivity contribution in [1.29, 1.82) is 0 Å². The van der Waals surface area contributed by atoms with Gasteiger partial charge in [0, 0.05) is 19.7 Å². The zero-order valence-corrected chi connectivity index (χ0v) is 15.1. The largest absolute Gasteiger partial charge is 0.381 e. The molecule has 0 aliphatic heterocycles. The smallest absolute Gasteiger partial charge is 0.230 e. The van der Waals surface area contributed by atoms with E-state index in [0.29, 0.717) is 17.6 Å². The van der Waals surface area contributed by atoms with Gasteiger partial charge in [-0.2, -0.15) is 0 Å². The number of nitrogen functional groups attached to an aromatic ring is 1. The van der Waals surface area contributed by atoms with Crippen LogP contribution in [0.3, 0.4) is 0 Å². The molecule has 0 aliphatic carbocycles. The van der Waals surface area contributed by atoms with Crippen molar-refractivity contribution in [3.8, 4) is 0 Å². The molecule has 138 valence electrons. The molecule has 3 N–H and O–H groups in total. The fraction of sp³-hybridized carbons (Fsp3) is 0.158. The number of fused-ring (bicyclic) bond motifs is 1. The highest BCUT2D eigenvalue weighted by atomic mass is 16.1. The standard InChI is InChI=1S/C19H20N6O2/c1-13(27)21-15-8-4-3-7-14(15)11-25(12-26)23-19-18(20)22-16-9-5-6-10-17(16)24(19)2/h3-10,12H,11H2,1-2H3,(H2,20,22)(H,21,27)/b23-19-. The first-order valence-electron chi connectivity index (χ1n) is 8.33. The predicted octanol–water partition coefficient (Wildman–Crippen LogP) is 1.59. The van der Waals surface area contributed by atoms with E-state index < -0.39 is 0 Å². The number of para-hydroxylation sites is 3. The van der Waals surface area contributed by atoms with Crippen LogP contribution in [0.5, 0.6) is 0 Å². The molecule has 3 aromatic rings. The molecule has 2 aromatic carbocycles. The Morgan fingerprint density at radius 1 is 1.26 bits per heavy atom. The van der Waals surface area contributed by atoms with Gasteiger partial charge in [-0.3, -0.25) is 9.59 Å². The fourth-order valence-corrected chi connectivity index (χ4v) is 2.79. The van der Waals surface area contributed by atoms with Gasteiger partial charge < -0.3 is 15.6 Å². The summed E-state index contributed by atoms with van der Waals surface area (Å²) in [6.07, 6.45) is 0.610. The van der Waals surface area contributed by atoms with Crippen LogP contribution in [0.2, 0.25) is 0 Å². The molecule has 0 saturated heterocycles. The molecule has 0 saturated carbocycles. The highest BCUT2D eigenvalue weighted by molar-refractivity contribution is 5.89. The van der Waals surface area contributed by atoms with Crippen LogP contribution in [0.15, 0.2) is 53.6 Å². The summed E-state index contributed by atoms with van der Waals surface area (Å²) < 4.78 is 1.79. The Labute approximate surface area is 155 Å². The summed E-state index contributed by atoms with van der Waals surface area (Å²) in [6, 6.07) is 14.8. The fourth-order valence-electron chi connectivity index (χ4n) is 2.79. The number of benzene rings is 2. The molecule has 0 spiro atoms. The Hall–Kier alpha value is -3.68. The number of hydrogen-bond acceptors (Lipinski definition) is 5. The summed E-state index contributed by atoms with van der Waals surface area (Å²) in [5.41, 5.74) is 9.39. The van der Waals surface area contributed by atoms with Gasteiger partial charge >= 0.3 is 0 Å².